The van der Waals surface area contributed by atoms with Crippen LogP contribution in [0, 0.1) is 0 Å². The highest BCUT2D eigenvalue weighted by atomic mass is 32.2. The normalized spacial score (nSPS) is 17.4. The lowest BCUT2D eigenvalue weighted by Gasteiger charge is -2.18. The summed E-state index contributed by atoms with van der Waals surface area (Å²) in [5.74, 6) is -0.949. The maximum Gasteiger partial charge on any atom is 0.309 e. The lowest BCUT2D eigenvalue weighted by Crippen LogP contribution is -2.13. The first-order chi connectivity index (χ1) is 8.60. The van der Waals surface area contributed by atoms with Crippen LogP contribution in [0.2, 0.25) is 0 Å². The summed E-state index contributed by atoms with van der Waals surface area (Å²) in [5, 5.41) is 13.1. The first kappa shape index (κ1) is 13.0. The number of benzene rings is 1. The van der Waals surface area contributed by atoms with Gasteiger partial charge >= 0.3 is 5.97 Å². The van der Waals surface area contributed by atoms with E-state index in [9.17, 15) is 9.00 Å². The summed E-state index contributed by atoms with van der Waals surface area (Å²) >= 11 is 1.45. The molecular weight excluding hydrogens is 272 g/mol. The molecule has 1 heterocycles. The molecule has 96 valence electrons. The van der Waals surface area contributed by atoms with Crippen LogP contribution in [0.1, 0.15) is 6.42 Å². The number of rotatable bonds is 4. The van der Waals surface area contributed by atoms with Crippen LogP contribution in [0.4, 0.5) is 11.4 Å². The van der Waals surface area contributed by atoms with E-state index < -0.39 is 16.8 Å². The number of anilines is 2. The van der Waals surface area contributed by atoms with Gasteiger partial charge < -0.3 is 15.1 Å². The van der Waals surface area contributed by atoms with Gasteiger partial charge in [0.1, 0.15) is 0 Å². The first-order valence-corrected chi connectivity index (χ1v) is 7.57. The van der Waals surface area contributed by atoms with E-state index in [0.29, 0.717) is 16.3 Å². The fourth-order valence-electron chi connectivity index (χ4n) is 1.62. The van der Waals surface area contributed by atoms with Crippen molar-refractivity contribution >= 4 is 40.1 Å². The van der Waals surface area contributed by atoms with Crippen molar-refractivity contribution in [1.82, 2.24) is 0 Å². The van der Waals surface area contributed by atoms with Gasteiger partial charge in [-0.3, -0.25) is 4.79 Å². The Kier molecular flexibility index (Phi) is 3.93. The van der Waals surface area contributed by atoms with E-state index in [4.69, 9.17) is 5.11 Å². The molecule has 3 N–H and O–H groups in total. The minimum Gasteiger partial charge on any atom is -0.481 e. The Labute approximate surface area is 111 Å². The predicted octanol–water partition coefficient (Wildman–Crippen LogP) is 2.23. The Balaban J connectivity index is 2.27. The van der Waals surface area contributed by atoms with Gasteiger partial charge in [0.05, 0.1) is 27.8 Å². The number of hydrogen-bond donors (Lipinski definition) is 3. The molecule has 0 aliphatic carbocycles. The van der Waals surface area contributed by atoms with Crippen molar-refractivity contribution < 1.29 is 14.1 Å². The van der Waals surface area contributed by atoms with Crippen LogP contribution in [0.5, 0.6) is 0 Å². The van der Waals surface area contributed by atoms with Gasteiger partial charge in [0, 0.05) is 23.0 Å². The van der Waals surface area contributed by atoms with Crippen LogP contribution >= 0.6 is 11.9 Å². The van der Waals surface area contributed by atoms with E-state index in [1.54, 1.807) is 12.1 Å². The third-order valence-corrected chi connectivity index (χ3v) is 4.01. The molecule has 0 saturated heterocycles. The standard InChI is InChI=1S/C11H12N2O3S2/c1-17-13-7-2-3-9-10(4-7)18(16)6-8(12-9)5-11(14)15/h2-4,6,12-13H,5H2,1H3,(H,14,15). The van der Waals surface area contributed by atoms with Gasteiger partial charge in [-0.15, -0.1) is 0 Å². The number of nitrogens with one attached hydrogen (secondary N) is 2. The minimum atomic E-state index is -1.31. The van der Waals surface area contributed by atoms with Gasteiger partial charge in [0.15, 0.2) is 0 Å². The topological polar surface area (TPSA) is 78.4 Å². The van der Waals surface area contributed by atoms with Gasteiger partial charge in [-0.1, -0.05) is 11.9 Å². The highest BCUT2D eigenvalue weighted by molar-refractivity contribution is 7.99. The van der Waals surface area contributed by atoms with Crippen LogP contribution in [-0.4, -0.2) is 21.5 Å². The fourth-order valence-corrected chi connectivity index (χ4v) is 3.09. The van der Waals surface area contributed by atoms with E-state index in [1.165, 1.54) is 17.4 Å². The molecule has 1 aliphatic heterocycles. The van der Waals surface area contributed by atoms with Crippen LogP contribution < -0.4 is 10.0 Å². The Morgan fingerprint density at radius 2 is 2.33 bits per heavy atom. The number of carboxylic acids is 1. The van der Waals surface area contributed by atoms with Crippen molar-refractivity contribution in [2.75, 3.05) is 16.3 Å². The summed E-state index contributed by atoms with van der Waals surface area (Å²) in [7, 11) is -1.31. The summed E-state index contributed by atoms with van der Waals surface area (Å²) in [4.78, 5) is 11.3. The van der Waals surface area contributed by atoms with Crippen LogP contribution in [0.15, 0.2) is 34.2 Å². The number of hydrogen-bond acceptors (Lipinski definition) is 5. The Hall–Kier alpha value is -1.47. The smallest absolute Gasteiger partial charge is 0.309 e. The van der Waals surface area contributed by atoms with Crippen molar-refractivity contribution in [3.63, 3.8) is 0 Å². The average Bonchev–Trinajstić information content (AvgIpc) is 2.29. The summed E-state index contributed by atoms with van der Waals surface area (Å²) < 4.78 is 15.1. The highest BCUT2D eigenvalue weighted by Gasteiger charge is 2.18. The van der Waals surface area contributed by atoms with Crippen molar-refractivity contribution in [2.45, 2.75) is 11.3 Å². The molecule has 0 amide bonds. The van der Waals surface area contributed by atoms with Crippen molar-refractivity contribution in [2.24, 2.45) is 0 Å². The zero-order valence-electron chi connectivity index (χ0n) is 9.60. The van der Waals surface area contributed by atoms with E-state index in [-0.39, 0.29) is 6.42 Å². The second kappa shape index (κ2) is 5.45. The molecule has 1 aromatic carbocycles. The lowest BCUT2D eigenvalue weighted by atomic mass is 10.2. The number of carbonyl (C=O) groups is 1. The zero-order valence-corrected chi connectivity index (χ0v) is 11.2. The van der Waals surface area contributed by atoms with Gasteiger partial charge in [0.25, 0.3) is 0 Å². The molecule has 1 atom stereocenters. The minimum absolute atomic E-state index is 0.157. The molecule has 1 aliphatic rings. The van der Waals surface area contributed by atoms with Gasteiger partial charge in [-0.2, -0.15) is 0 Å². The van der Waals surface area contributed by atoms with E-state index >= 15 is 0 Å². The quantitative estimate of drug-likeness (QED) is 0.736. The summed E-state index contributed by atoms with van der Waals surface area (Å²) in [6.45, 7) is 0. The second-order valence-corrected chi connectivity index (χ2v) is 5.54. The van der Waals surface area contributed by atoms with Gasteiger partial charge in [-0.25, -0.2) is 4.21 Å². The molecule has 7 heteroatoms. The molecule has 0 saturated carbocycles. The van der Waals surface area contributed by atoms with Crippen molar-refractivity contribution in [3.05, 3.63) is 29.3 Å². The van der Waals surface area contributed by atoms with Gasteiger partial charge in [-0.05, 0) is 18.2 Å². The highest BCUT2D eigenvalue weighted by Crippen LogP contribution is 2.31. The summed E-state index contributed by atoms with van der Waals surface area (Å²) in [6.07, 6.45) is 1.75. The van der Waals surface area contributed by atoms with Crippen molar-refractivity contribution in [1.29, 1.82) is 0 Å². The third-order valence-electron chi connectivity index (χ3n) is 2.30. The number of carboxylic acid groups (broad SMARTS) is 1. The Morgan fingerprint density at radius 3 is 3.00 bits per heavy atom. The first-order valence-electron chi connectivity index (χ1n) is 5.13. The van der Waals surface area contributed by atoms with E-state index in [2.05, 4.69) is 10.0 Å². The summed E-state index contributed by atoms with van der Waals surface area (Å²) in [5.41, 5.74) is 2.02. The van der Waals surface area contributed by atoms with Crippen molar-refractivity contribution in [3.8, 4) is 0 Å². The molecule has 0 spiro atoms. The molecule has 2 rings (SSSR count). The SMILES string of the molecule is CSNc1ccc2c(c1)S(=O)C=C(CC(=O)O)N2. The average molecular weight is 284 g/mol. The second-order valence-electron chi connectivity index (χ2n) is 3.65. The molecule has 0 radical (unpaired) electrons. The molecule has 18 heavy (non-hydrogen) atoms. The maximum atomic E-state index is 12.0. The number of aliphatic carboxylic acids is 1. The predicted molar refractivity (Wildman–Crippen MR) is 73.9 cm³/mol. The van der Waals surface area contributed by atoms with Crippen LogP contribution in [0.3, 0.4) is 0 Å². The van der Waals surface area contributed by atoms with Crippen LogP contribution in [-0.2, 0) is 15.6 Å². The van der Waals surface area contributed by atoms with E-state index in [1.807, 2.05) is 12.3 Å². The van der Waals surface area contributed by atoms with E-state index in [0.717, 1.165) is 5.69 Å². The summed E-state index contributed by atoms with van der Waals surface area (Å²) in [6, 6.07) is 5.44. The molecule has 1 unspecified atom stereocenters. The monoisotopic (exact) mass is 284 g/mol. The Morgan fingerprint density at radius 1 is 1.56 bits per heavy atom. The molecule has 0 fully saturated rings. The molecule has 0 bridgehead atoms. The number of fused-ring (bicyclic) bond motifs is 1. The molecule has 0 aromatic heterocycles. The zero-order chi connectivity index (χ0) is 13.1. The largest absolute Gasteiger partial charge is 0.481 e. The maximum absolute atomic E-state index is 12.0. The molecular formula is C11H12N2O3S2. The van der Waals surface area contributed by atoms with Crippen LogP contribution in [0.25, 0.3) is 0 Å². The molecule has 5 nitrogen and oxygen atoms in total. The third kappa shape index (κ3) is 2.85. The Bertz CT molecular complexity index is 543. The lowest BCUT2D eigenvalue weighted by molar-refractivity contribution is -0.136. The van der Waals surface area contributed by atoms with Gasteiger partial charge in [0.2, 0.25) is 0 Å². The molecule has 1 aromatic rings. The fraction of sp³-hybridized carbons (Fsp3) is 0.182.